The van der Waals surface area contributed by atoms with E-state index in [0.29, 0.717) is 0 Å². The van der Waals surface area contributed by atoms with Crippen molar-refractivity contribution in [1.82, 2.24) is 0 Å². The van der Waals surface area contributed by atoms with E-state index in [1.54, 1.807) is 0 Å². The summed E-state index contributed by atoms with van der Waals surface area (Å²) in [5.41, 5.74) is 0. The third kappa shape index (κ3) is 14.5. The Balaban J connectivity index is 3.28. The van der Waals surface area contributed by atoms with Crippen molar-refractivity contribution >= 4 is 87.0 Å². The average molecular weight is 456 g/mol. The molecule has 0 aromatic rings. The lowest BCUT2D eigenvalue weighted by atomic mass is 10.2. The van der Waals surface area contributed by atoms with E-state index in [0.717, 1.165) is 31.7 Å². The summed E-state index contributed by atoms with van der Waals surface area (Å²) < 4.78 is -0.121. The molecule has 0 unspecified atom stereocenters. The van der Waals surface area contributed by atoms with Gasteiger partial charge in [-0.15, -0.1) is 33.2 Å². The number of hydrogen-bond acceptors (Lipinski definition) is 0. The molecule has 0 aromatic heterocycles. The van der Waals surface area contributed by atoms with Crippen LogP contribution in [0, 0.1) is 0 Å². The van der Waals surface area contributed by atoms with Gasteiger partial charge in [0.25, 0.3) is 0 Å². The van der Waals surface area contributed by atoms with Gasteiger partial charge in [0, 0.05) is 0 Å². The van der Waals surface area contributed by atoms with Crippen molar-refractivity contribution in [3.63, 3.8) is 0 Å². The van der Waals surface area contributed by atoms with Crippen LogP contribution in [0.4, 0.5) is 0 Å². The number of hydrogen-bond donors (Lipinski definition) is 0. The largest absolute Gasteiger partial charge is 0.341 e. The molecule has 0 N–H and O–H groups in total. The first kappa shape index (κ1) is 15.5. The predicted molar refractivity (Wildman–Crippen MR) is 76.1 cm³/mol. The van der Waals surface area contributed by atoms with Crippen molar-refractivity contribution in [3.05, 3.63) is 0 Å². The summed E-state index contributed by atoms with van der Waals surface area (Å²) >= 11 is 27.5. The SMILES string of the molecule is Cl[Si](Cl)(Cl)CCCCCC(Br)(Br)Br. The van der Waals surface area contributed by atoms with Gasteiger partial charge in [-0.2, -0.15) is 0 Å². The standard InChI is InChI=1S/C6H10Br3Cl3Si/c7-6(8,9)4-2-1-3-5-13(10,11)12/h1-5H2. The number of rotatable bonds is 5. The first-order valence-electron chi connectivity index (χ1n) is 3.84. The molecule has 13 heavy (non-hydrogen) atoms. The fourth-order valence-corrected chi connectivity index (χ4v) is 3.52. The van der Waals surface area contributed by atoms with Crippen LogP contribution in [0.3, 0.4) is 0 Å². The minimum absolute atomic E-state index is 0.121. The molecule has 0 spiro atoms. The van der Waals surface area contributed by atoms with Gasteiger partial charge in [0.2, 0.25) is 0 Å². The smallest absolute Gasteiger partial charge is 0.126 e. The Hall–Kier alpha value is 2.53. The Labute approximate surface area is 120 Å². The lowest BCUT2D eigenvalue weighted by molar-refractivity contribution is 0.692. The molecular formula is C6H10Br3Cl3Si. The Morgan fingerprint density at radius 1 is 0.923 bits per heavy atom. The molecular weight excluding hydrogens is 446 g/mol. The van der Waals surface area contributed by atoms with Gasteiger partial charge in [0.15, 0.2) is 0 Å². The molecule has 0 fully saturated rings. The molecule has 0 radical (unpaired) electrons. The van der Waals surface area contributed by atoms with E-state index in [1.165, 1.54) is 0 Å². The van der Waals surface area contributed by atoms with Crippen molar-refractivity contribution in [1.29, 1.82) is 0 Å². The maximum atomic E-state index is 5.74. The number of unbranched alkanes of at least 4 members (excludes halogenated alkanes) is 2. The second-order valence-corrected chi connectivity index (χ2v) is 19.3. The van der Waals surface area contributed by atoms with E-state index in [9.17, 15) is 0 Å². The minimum Gasteiger partial charge on any atom is -0.126 e. The molecule has 0 aliphatic heterocycles. The zero-order valence-corrected chi connectivity index (χ0v) is 14.8. The lowest BCUT2D eigenvalue weighted by Crippen LogP contribution is -2.08. The zero-order chi connectivity index (χ0) is 10.5. The second kappa shape index (κ2) is 6.97. The Morgan fingerprint density at radius 3 is 1.85 bits per heavy atom. The van der Waals surface area contributed by atoms with Gasteiger partial charge >= 0.3 is 6.00 Å². The molecule has 0 rings (SSSR count). The van der Waals surface area contributed by atoms with Crippen LogP contribution in [0.5, 0.6) is 0 Å². The molecule has 0 amide bonds. The zero-order valence-electron chi connectivity index (χ0n) is 6.80. The quantitative estimate of drug-likeness (QED) is 0.205. The molecule has 0 aliphatic carbocycles. The van der Waals surface area contributed by atoms with E-state index < -0.39 is 6.00 Å². The minimum atomic E-state index is -2.37. The lowest BCUT2D eigenvalue weighted by Gasteiger charge is -2.11. The summed E-state index contributed by atoms with van der Waals surface area (Å²) in [5, 5.41) is 0. The monoisotopic (exact) mass is 452 g/mol. The average Bonchev–Trinajstić information content (AvgIpc) is 1.81. The van der Waals surface area contributed by atoms with E-state index in [1.807, 2.05) is 0 Å². The molecule has 0 nitrogen and oxygen atoms in total. The maximum absolute atomic E-state index is 5.74. The van der Waals surface area contributed by atoms with Crippen molar-refractivity contribution in [2.45, 2.75) is 33.9 Å². The van der Waals surface area contributed by atoms with Crippen LogP contribution in [-0.2, 0) is 0 Å². The van der Waals surface area contributed by atoms with Crippen molar-refractivity contribution in [2.75, 3.05) is 0 Å². The highest BCUT2D eigenvalue weighted by molar-refractivity contribution is 9.39. The maximum Gasteiger partial charge on any atom is 0.341 e. The van der Waals surface area contributed by atoms with Gasteiger partial charge in [0.1, 0.15) is 2.14 Å². The van der Waals surface area contributed by atoms with Gasteiger partial charge in [-0.05, 0) is 12.5 Å². The van der Waals surface area contributed by atoms with Gasteiger partial charge < -0.3 is 0 Å². The summed E-state index contributed by atoms with van der Waals surface area (Å²) in [6, 6.07) is -1.61. The number of halogens is 6. The van der Waals surface area contributed by atoms with Crippen LogP contribution in [0.25, 0.3) is 0 Å². The first-order valence-corrected chi connectivity index (χ1v) is 11.5. The fourth-order valence-electron chi connectivity index (χ4n) is 0.828. The fraction of sp³-hybridized carbons (Fsp3) is 1.00. The van der Waals surface area contributed by atoms with Crippen LogP contribution in [0.1, 0.15) is 25.7 Å². The topological polar surface area (TPSA) is 0 Å². The summed E-state index contributed by atoms with van der Waals surface area (Å²) in [6.07, 6.45) is 4.22. The highest BCUT2D eigenvalue weighted by atomic mass is 80.0. The molecule has 0 heterocycles. The summed E-state index contributed by atoms with van der Waals surface area (Å²) in [4.78, 5) is 0. The number of alkyl halides is 3. The molecule has 0 aromatic carbocycles. The summed E-state index contributed by atoms with van der Waals surface area (Å²) in [6.45, 7) is 0. The molecule has 80 valence electrons. The highest BCUT2D eigenvalue weighted by Crippen LogP contribution is 2.38. The van der Waals surface area contributed by atoms with E-state index in [4.69, 9.17) is 33.2 Å². The normalized spacial score (nSPS) is 13.4. The van der Waals surface area contributed by atoms with Crippen LogP contribution >= 0.6 is 81.0 Å². The predicted octanol–water partition coefficient (Wildman–Crippen LogP) is 6.04. The molecule has 0 aliphatic rings. The Morgan fingerprint density at radius 2 is 1.46 bits per heavy atom. The molecule has 0 bridgehead atoms. The van der Waals surface area contributed by atoms with Gasteiger partial charge in [-0.1, -0.05) is 67.1 Å². The molecule has 0 saturated carbocycles. The third-order valence-corrected chi connectivity index (χ3v) is 5.23. The molecule has 0 saturated heterocycles. The van der Waals surface area contributed by atoms with Crippen molar-refractivity contribution in [2.24, 2.45) is 0 Å². The van der Waals surface area contributed by atoms with Gasteiger partial charge in [-0.25, -0.2) is 0 Å². The molecule has 0 atom stereocenters. The van der Waals surface area contributed by atoms with E-state index in [2.05, 4.69) is 47.8 Å². The Bertz CT molecular complexity index is 127. The van der Waals surface area contributed by atoms with Crippen LogP contribution in [0.15, 0.2) is 0 Å². The first-order chi connectivity index (χ1) is 5.71. The van der Waals surface area contributed by atoms with Gasteiger partial charge in [0.05, 0.1) is 0 Å². The van der Waals surface area contributed by atoms with E-state index >= 15 is 0 Å². The Kier molecular flexibility index (Phi) is 8.33. The summed E-state index contributed by atoms with van der Waals surface area (Å²) in [7, 11) is 0. The molecule has 7 heteroatoms. The second-order valence-electron chi connectivity index (χ2n) is 2.79. The van der Waals surface area contributed by atoms with Crippen molar-refractivity contribution < 1.29 is 0 Å². The van der Waals surface area contributed by atoms with Crippen LogP contribution < -0.4 is 0 Å². The highest BCUT2D eigenvalue weighted by Gasteiger charge is 2.24. The van der Waals surface area contributed by atoms with Crippen molar-refractivity contribution in [3.8, 4) is 0 Å². The summed E-state index contributed by atoms with van der Waals surface area (Å²) in [5.74, 6) is 0. The van der Waals surface area contributed by atoms with E-state index in [-0.39, 0.29) is 2.14 Å². The van der Waals surface area contributed by atoms with Gasteiger partial charge in [-0.3, -0.25) is 0 Å². The van der Waals surface area contributed by atoms with Crippen LogP contribution in [0.2, 0.25) is 6.04 Å². The van der Waals surface area contributed by atoms with Crippen LogP contribution in [-0.4, -0.2) is 8.15 Å². The third-order valence-electron chi connectivity index (χ3n) is 1.42.